The number of hydrogen-bond acceptors (Lipinski definition) is 13. The van der Waals surface area contributed by atoms with Gasteiger partial charge in [-0.25, -0.2) is 4.79 Å². The van der Waals surface area contributed by atoms with E-state index in [2.05, 4.69) is 0 Å². The average Bonchev–Trinajstić information content (AvgIpc) is 2.69. The van der Waals surface area contributed by atoms with E-state index in [1.165, 1.54) is 0 Å². The Morgan fingerprint density at radius 2 is 1.55 bits per heavy atom. The van der Waals surface area contributed by atoms with Gasteiger partial charge in [0.2, 0.25) is 5.78 Å². The van der Waals surface area contributed by atoms with Crippen LogP contribution in [0.4, 0.5) is 0 Å². The molecule has 2 aliphatic heterocycles. The SMILES string of the molecule is O=C(O)C(=O)C[C@]1(CO)O[C@H](O[C@H]2[C@H](O)[C@@H](O)[C@H](O)O[C@@H]2CO)[C@H](O)[C@@H](O)[C@H]1O. The van der Waals surface area contributed by atoms with E-state index in [0.29, 0.717) is 0 Å². The van der Waals surface area contributed by atoms with Gasteiger partial charge in [0.1, 0.15) is 48.3 Å². The van der Waals surface area contributed by atoms with E-state index in [1.54, 1.807) is 0 Å². The Bertz CT molecular complexity index is 598. The molecule has 0 bridgehead atoms. The number of carbonyl (C=O) groups excluding carboxylic acids is 1. The van der Waals surface area contributed by atoms with E-state index in [1.807, 2.05) is 0 Å². The average molecular weight is 428 g/mol. The summed E-state index contributed by atoms with van der Waals surface area (Å²) in [6, 6.07) is 0. The number of ether oxygens (including phenoxy) is 3. The van der Waals surface area contributed by atoms with Crippen molar-refractivity contribution < 1.29 is 69.8 Å². The van der Waals surface area contributed by atoms with Crippen LogP contribution >= 0.6 is 0 Å². The van der Waals surface area contributed by atoms with Gasteiger partial charge in [0.25, 0.3) is 0 Å². The van der Waals surface area contributed by atoms with Crippen molar-refractivity contribution >= 4 is 11.8 Å². The molecule has 2 aliphatic rings. The quantitative estimate of drug-likeness (QED) is 0.171. The van der Waals surface area contributed by atoms with Crippen molar-refractivity contribution in [2.75, 3.05) is 13.2 Å². The maximum Gasteiger partial charge on any atom is 0.372 e. The summed E-state index contributed by atoms with van der Waals surface area (Å²) in [5, 5.41) is 87.4. The van der Waals surface area contributed by atoms with Gasteiger partial charge in [-0.05, 0) is 0 Å². The highest BCUT2D eigenvalue weighted by molar-refractivity contribution is 6.32. The zero-order valence-electron chi connectivity index (χ0n) is 14.9. The monoisotopic (exact) mass is 428 g/mol. The third-order valence-corrected chi connectivity index (χ3v) is 4.94. The maximum absolute atomic E-state index is 11.6. The molecule has 0 radical (unpaired) electrons. The molecule has 10 atom stereocenters. The third-order valence-electron chi connectivity index (χ3n) is 4.94. The van der Waals surface area contributed by atoms with Crippen molar-refractivity contribution in [2.24, 2.45) is 0 Å². The van der Waals surface area contributed by atoms with Crippen LogP contribution in [0.5, 0.6) is 0 Å². The van der Waals surface area contributed by atoms with Crippen molar-refractivity contribution in [2.45, 2.75) is 67.3 Å². The van der Waals surface area contributed by atoms with E-state index in [4.69, 9.17) is 19.3 Å². The molecule has 14 heteroatoms. The number of Topliss-reactive ketones (excluding diaryl/α,β-unsaturated/α-hetero) is 1. The first-order valence-electron chi connectivity index (χ1n) is 8.54. The molecule has 0 aliphatic carbocycles. The van der Waals surface area contributed by atoms with Crippen molar-refractivity contribution in [3.05, 3.63) is 0 Å². The van der Waals surface area contributed by atoms with E-state index in [0.717, 1.165) is 0 Å². The topological polar surface area (TPSA) is 244 Å². The van der Waals surface area contributed by atoms with Crippen LogP contribution in [0.25, 0.3) is 0 Å². The van der Waals surface area contributed by atoms with Crippen LogP contribution in [0.15, 0.2) is 0 Å². The third kappa shape index (κ3) is 4.57. The first-order chi connectivity index (χ1) is 13.5. The van der Waals surface area contributed by atoms with Crippen molar-refractivity contribution in [3.8, 4) is 0 Å². The smallest absolute Gasteiger partial charge is 0.372 e. The molecule has 0 amide bonds. The van der Waals surface area contributed by atoms with Crippen LogP contribution in [0.2, 0.25) is 0 Å². The highest BCUT2D eigenvalue weighted by Crippen LogP contribution is 2.35. The predicted octanol–water partition coefficient (Wildman–Crippen LogP) is -5.98. The van der Waals surface area contributed by atoms with Gasteiger partial charge >= 0.3 is 5.97 Å². The molecule has 2 saturated heterocycles. The molecule has 9 N–H and O–H groups in total. The van der Waals surface area contributed by atoms with Gasteiger partial charge in [-0.2, -0.15) is 0 Å². The maximum atomic E-state index is 11.6. The lowest BCUT2D eigenvalue weighted by molar-refractivity contribution is -0.374. The minimum Gasteiger partial charge on any atom is -0.475 e. The Morgan fingerprint density at radius 1 is 0.931 bits per heavy atom. The minimum absolute atomic E-state index is 0.817. The number of carbonyl (C=O) groups is 2. The fourth-order valence-corrected chi connectivity index (χ4v) is 3.21. The second kappa shape index (κ2) is 9.23. The normalized spacial score (nSPS) is 45.7. The van der Waals surface area contributed by atoms with Gasteiger partial charge in [0, 0.05) is 0 Å². The fourth-order valence-electron chi connectivity index (χ4n) is 3.21. The van der Waals surface area contributed by atoms with Crippen molar-refractivity contribution in [1.82, 2.24) is 0 Å². The first-order valence-corrected chi connectivity index (χ1v) is 8.54. The van der Waals surface area contributed by atoms with E-state index >= 15 is 0 Å². The zero-order valence-corrected chi connectivity index (χ0v) is 14.9. The number of aliphatic carboxylic acids is 1. The standard InChI is InChI=1S/C15H24O14/c16-2-5-10(6(19)8(21)13(26)27-5)28-14-9(22)7(20)11(23)15(3-17,29-14)1-4(18)12(24)25/h5-11,13-14,16-17,19-23,26H,1-3H2,(H,24,25)/t5-,6-,7-,8-,9-,10-,11-,13-,14+,15-/m1/s1. The summed E-state index contributed by atoms with van der Waals surface area (Å²) in [5.41, 5.74) is -2.38. The van der Waals surface area contributed by atoms with Gasteiger partial charge in [0.05, 0.1) is 19.6 Å². The summed E-state index contributed by atoms with van der Waals surface area (Å²) in [4.78, 5) is 22.4. The zero-order chi connectivity index (χ0) is 22.1. The van der Waals surface area contributed by atoms with Gasteiger partial charge in [0.15, 0.2) is 12.6 Å². The van der Waals surface area contributed by atoms with Crippen LogP contribution in [0, 0.1) is 0 Å². The fraction of sp³-hybridized carbons (Fsp3) is 0.867. The molecule has 2 rings (SSSR count). The van der Waals surface area contributed by atoms with Gasteiger partial charge < -0.3 is 60.2 Å². The summed E-state index contributed by atoms with van der Waals surface area (Å²) in [6.07, 6.45) is -17.9. The highest BCUT2D eigenvalue weighted by Gasteiger charge is 2.57. The van der Waals surface area contributed by atoms with Crippen LogP contribution in [0.1, 0.15) is 6.42 Å². The highest BCUT2D eigenvalue weighted by atomic mass is 16.7. The van der Waals surface area contributed by atoms with E-state index in [-0.39, 0.29) is 0 Å². The summed E-state index contributed by atoms with van der Waals surface area (Å²) < 4.78 is 15.4. The van der Waals surface area contributed by atoms with Crippen molar-refractivity contribution in [1.29, 1.82) is 0 Å². The lowest BCUT2D eigenvalue weighted by atomic mass is 9.83. The molecule has 14 nitrogen and oxygen atoms in total. The summed E-state index contributed by atoms with van der Waals surface area (Å²) >= 11 is 0. The Labute approximate surface area is 163 Å². The Kier molecular flexibility index (Phi) is 7.63. The summed E-state index contributed by atoms with van der Waals surface area (Å²) in [7, 11) is 0. The van der Waals surface area contributed by atoms with Crippen LogP contribution in [0.3, 0.4) is 0 Å². The number of rotatable bonds is 7. The van der Waals surface area contributed by atoms with Gasteiger partial charge in [-0.1, -0.05) is 0 Å². The Hall–Kier alpha value is -1.30. The van der Waals surface area contributed by atoms with Crippen molar-refractivity contribution in [3.63, 3.8) is 0 Å². The number of carboxylic acids is 1. The minimum atomic E-state index is -2.38. The molecule has 168 valence electrons. The molecular weight excluding hydrogens is 404 g/mol. The second-order valence-corrected chi connectivity index (χ2v) is 6.87. The molecule has 2 fully saturated rings. The Morgan fingerprint density at radius 3 is 2.07 bits per heavy atom. The number of aliphatic hydroxyl groups excluding tert-OH is 8. The molecule has 29 heavy (non-hydrogen) atoms. The molecular formula is C15H24O14. The van der Waals surface area contributed by atoms with Crippen LogP contribution in [-0.2, 0) is 23.8 Å². The molecule has 0 saturated carbocycles. The number of ketones is 1. The van der Waals surface area contributed by atoms with Gasteiger partial charge in [-0.3, -0.25) is 4.79 Å². The molecule has 0 aromatic carbocycles. The lowest BCUT2D eigenvalue weighted by Gasteiger charge is -2.49. The van der Waals surface area contributed by atoms with Gasteiger partial charge in [-0.15, -0.1) is 0 Å². The lowest BCUT2D eigenvalue weighted by Crippen LogP contribution is -2.69. The molecule has 0 spiro atoms. The van der Waals surface area contributed by atoms with Crippen LogP contribution < -0.4 is 0 Å². The summed E-state index contributed by atoms with van der Waals surface area (Å²) in [5.74, 6) is -3.38. The molecule has 0 unspecified atom stereocenters. The summed E-state index contributed by atoms with van der Waals surface area (Å²) in [6.45, 7) is -1.98. The molecule has 0 aromatic heterocycles. The van der Waals surface area contributed by atoms with Crippen LogP contribution in [-0.4, -0.2) is 132 Å². The number of carboxylic acid groups (broad SMARTS) is 1. The molecule has 2 heterocycles. The Balaban J connectivity index is 2.28. The predicted molar refractivity (Wildman–Crippen MR) is 84.8 cm³/mol. The largest absolute Gasteiger partial charge is 0.475 e. The van der Waals surface area contributed by atoms with E-state index in [9.17, 15) is 50.4 Å². The number of hydrogen-bond donors (Lipinski definition) is 9. The second-order valence-electron chi connectivity index (χ2n) is 6.87. The number of aliphatic hydroxyl groups is 8. The first kappa shape index (κ1) is 24.0. The molecule has 0 aromatic rings. The van der Waals surface area contributed by atoms with E-state index < -0.39 is 92.3 Å².